The Balaban J connectivity index is 2.27. The van der Waals surface area contributed by atoms with Crippen molar-refractivity contribution in [1.82, 2.24) is 9.55 Å². The Morgan fingerprint density at radius 1 is 1.47 bits per heavy atom. The predicted molar refractivity (Wildman–Crippen MR) is 64.9 cm³/mol. The minimum atomic E-state index is 0.665. The molecule has 0 aliphatic heterocycles. The zero-order valence-corrected chi connectivity index (χ0v) is 10.8. The lowest BCUT2D eigenvalue weighted by Crippen LogP contribution is -2.09. The van der Waals surface area contributed by atoms with Crippen LogP contribution in [0.5, 0.6) is 0 Å². The molecule has 0 spiro atoms. The van der Waals surface area contributed by atoms with E-state index in [-0.39, 0.29) is 0 Å². The molecule has 84 valence electrons. The van der Waals surface area contributed by atoms with Gasteiger partial charge < -0.3 is 10.3 Å². The van der Waals surface area contributed by atoms with Crippen molar-refractivity contribution in [2.45, 2.75) is 38.0 Å². The predicted octanol–water partition coefficient (Wildman–Crippen LogP) is 2.34. The molecule has 0 saturated heterocycles. The second kappa shape index (κ2) is 4.66. The van der Waals surface area contributed by atoms with Gasteiger partial charge in [-0.15, -0.1) is 0 Å². The minimum Gasteiger partial charge on any atom is -0.334 e. The second-order valence-corrected chi connectivity index (χ2v) is 5.04. The topological polar surface area (TPSA) is 43.8 Å². The number of rotatable bonds is 3. The number of hydrogen-bond acceptors (Lipinski definition) is 2. The fourth-order valence-electron chi connectivity index (χ4n) is 2.47. The van der Waals surface area contributed by atoms with E-state index in [0.29, 0.717) is 12.5 Å². The van der Waals surface area contributed by atoms with Crippen LogP contribution in [0, 0.1) is 0 Å². The maximum Gasteiger partial charge on any atom is 0.127 e. The lowest BCUT2D eigenvalue weighted by atomic mass is 10.1. The zero-order chi connectivity index (χ0) is 10.8. The molecule has 0 amide bonds. The Labute approximate surface area is 99.2 Å². The van der Waals surface area contributed by atoms with Crippen molar-refractivity contribution in [3.05, 3.63) is 16.1 Å². The number of halogens is 1. The normalized spacial score (nSPS) is 17.5. The molecule has 1 aromatic rings. The number of aromatic nitrogens is 2. The van der Waals surface area contributed by atoms with E-state index in [9.17, 15) is 0 Å². The van der Waals surface area contributed by atoms with Crippen molar-refractivity contribution >= 4 is 15.9 Å². The molecule has 0 aromatic carbocycles. The van der Waals surface area contributed by atoms with Crippen LogP contribution in [0.15, 0.2) is 4.60 Å². The maximum atomic E-state index is 5.60. The van der Waals surface area contributed by atoms with Crippen LogP contribution in [0.2, 0.25) is 0 Å². The van der Waals surface area contributed by atoms with Crippen LogP contribution in [0.25, 0.3) is 0 Å². The van der Waals surface area contributed by atoms with E-state index in [1.807, 2.05) is 0 Å². The average molecular weight is 272 g/mol. The summed E-state index contributed by atoms with van der Waals surface area (Å²) in [7, 11) is 2.11. The van der Waals surface area contributed by atoms with Crippen LogP contribution < -0.4 is 5.73 Å². The van der Waals surface area contributed by atoms with Crippen molar-refractivity contribution in [3.8, 4) is 0 Å². The zero-order valence-electron chi connectivity index (χ0n) is 9.17. The molecule has 0 bridgehead atoms. The first-order valence-corrected chi connectivity index (χ1v) is 6.44. The van der Waals surface area contributed by atoms with Crippen LogP contribution in [-0.2, 0) is 13.5 Å². The standard InChI is InChI=1S/C11H18BrN3/c1-15-9(6-7-13)10(12)14-11(15)8-4-2-3-5-8/h8H,2-7,13H2,1H3. The van der Waals surface area contributed by atoms with Gasteiger partial charge in [-0.05, 0) is 35.3 Å². The summed E-state index contributed by atoms with van der Waals surface area (Å²) < 4.78 is 3.21. The monoisotopic (exact) mass is 271 g/mol. The van der Waals surface area contributed by atoms with E-state index in [2.05, 4.69) is 32.5 Å². The van der Waals surface area contributed by atoms with E-state index in [1.165, 1.54) is 37.2 Å². The molecular formula is C11H18BrN3. The molecular weight excluding hydrogens is 254 g/mol. The first-order chi connectivity index (χ1) is 7.24. The van der Waals surface area contributed by atoms with E-state index >= 15 is 0 Å². The Bertz CT molecular complexity index is 340. The number of hydrogen-bond donors (Lipinski definition) is 1. The summed E-state index contributed by atoms with van der Waals surface area (Å²) in [6.07, 6.45) is 6.18. The molecule has 1 saturated carbocycles. The fraction of sp³-hybridized carbons (Fsp3) is 0.727. The van der Waals surface area contributed by atoms with Crippen LogP contribution in [-0.4, -0.2) is 16.1 Å². The van der Waals surface area contributed by atoms with Crippen LogP contribution in [0.1, 0.15) is 43.1 Å². The van der Waals surface area contributed by atoms with Gasteiger partial charge in [-0.25, -0.2) is 4.98 Å². The molecule has 1 aliphatic carbocycles. The highest BCUT2D eigenvalue weighted by Crippen LogP contribution is 2.34. The summed E-state index contributed by atoms with van der Waals surface area (Å²) in [4.78, 5) is 4.63. The molecule has 1 aromatic heterocycles. The van der Waals surface area contributed by atoms with E-state index < -0.39 is 0 Å². The van der Waals surface area contributed by atoms with Crippen molar-refractivity contribution in [2.75, 3.05) is 6.54 Å². The number of nitrogens with two attached hydrogens (primary N) is 1. The van der Waals surface area contributed by atoms with Crippen LogP contribution in [0.3, 0.4) is 0 Å². The van der Waals surface area contributed by atoms with Gasteiger partial charge in [-0.3, -0.25) is 0 Å². The summed E-state index contributed by atoms with van der Waals surface area (Å²) in [6, 6.07) is 0. The summed E-state index contributed by atoms with van der Waals surface area (Å²) in [5, 5.41) is 0. The van der Waals surface area contributed by atoms with Gasteiger partial charge in [0.15, 0.2) is 0 Å². The molecule has 1 fully saturated rings. The molecule has 1 aliphatic rings. The molecule has 1 heterocycles. The summed E-state index contributed by atoms with van der Waals surface area (Å²) in [5.74, 6) is 1.90. The number of imidazole rings is 1. The molecule has 0 radical (unpaired) electrons. The molecule has 2 N–H and O–H groups in total. The fourth-order valence-corrected chi connectivity index (χ4v) is 3.12. The van der Waals surface area contributed by atoms with Gasteiger partial charge in [0.1, 0.15) is 10.4 Å². The van der Waals surface area contributed by atoms with Crippen molar-refractivity contribution < 1.29 is 0 Å². The third-order valence-corrected chi connectivity index (χ3v) is 3.94. The third kappa shape index (κ3) is 2.11. The van der Waals surface area contributed by atoms with Crippen LogP contribution in [0.4, 0.5) is 0 Å². The van der Waals surface area contributed by atoms with Crippen molar-refractivity contribution in [2.24, 2.45) is 12.8 Å². The van der Waals surface area contributed by atoms with Gasteiger partial charge in [0.05, 0.1) is 5.69 Å². The van der Waals surface area contributed by atoms with Gasteiger partial charge in [0.25, 0.3) is 0 Å². The Morgan fingerprint density at radius 3 is 2.73 bits per heavy atom. The van der Waals surface area contributed by atoms with Gasteiger partial charge in [0.2, 0.25) is 0 Å². The quantitative estimate of drug-likeness (QED) is 0.917. The average Bonchev–Trinajstić information content (AvgIpc) is 2.81. The summed E-state index contributed by atoms with van der Waals surface area (Å²) in [5.41, 5.74) is 6.83. The molecule has 2 rings (SSSR count). The first kappa shape index (κ1) is 11.1. The smallest absolute Gasteiger partial charge is 0.127 e. The largest absolute Gasteiger partial charge is 0.334 e. The molecule has 0 unspecified atom stereocenters. The van der Waals surface area contributed by atoms with Crippen molar-refractivity contribution in [3.63, 3.8) is 0 Å². The van der Waals surface area contributed by atoms with Crippen molar-refractivity contribution in [1.29, 1.82) is 0 Å². The highest BCUT2D eigenvalue weighted by molar-refractivity contribution is 9.10. The minimum absolute atomic E-state index is 0.665. The van der Waals surface area contributed by atoms with Gasteiger partial charge in [0, 0.05) is 19.4 Å². The second-order valence-electron chi connectivity index (χ2n) is 4.29. The molecule has 15 heavy (non-hydrogen) atoms. The van der Waals surface area contributed by atoms with Crippen LogP contribution >= 0.6 is 15.9 Å². The summed E-state index contributed by atoms with van der Waals surface area (Å²) >= 11 is 3.53. The molecule has 0 atom stereocenters. The van der Waals surface area contributed by atoms with E-state index in [1.54, 1.807) is 0 Å². The highest BCUT2D eigenvalue weighted by atomic mass is 79.9. The van der Waals surface area contributed by atoms with Gasteiger partial charge in [-0.2, -0.15) is 0 Å². The number of nitrogens with zero attached hydrogens (tertiary/aromatic N) is 2. The van der Waals surface area contributed by atoms with Gasteiger partial charge in [-0.1, -0.05) is 12.8 Å². The molecule has 3 nitrogen and oxygen atoms in total. The Morgan fingerprint density at radius 2 is 2.13 bits per heavy atom. The third-order valence-electron chi connectivity index (χ3n) is 3.30. The highest BCUT2D eigenvalue weighted by Gasteiger charge is 2.23. The first-order valence-electron chi connectivity index (χ1n) is 5.65. The Hall–Kier alpha value is -0.350. The van der Waals surface area contributed by atoms with E-state index in [0.717, 1.165) is 11.0 Å². The Kier molecular flexibility index (Phi) is 3.46. The lowest BCUT2D eigenvalue weighted by molar-refractivity contribution is 0.621. The molecule has 4 heteroatoms. The maximum absolute atomic E-state index is 5.60. The SMILES string of the molecule is Cn1c(C2CCCC2)nc(Br)c1CCN. The lowest BCUT2D eigenvalue weighted by Gasteiger charge is -2.10. The van der Waals surface area contributed by atoms with Gasteiger partial charge >= 0.3 is 0 Å². The van der Waals surface area contributed by atoms with E-state index in [4.69, 9.17) is 5.73 Å². The summed E-state index contributed by atoms with van der Waals surface area (Å²) in [6.45, 7) is 0.683.